The minimum Gasteiger partial charge on any atom is -0.384 e. The number of methoxy groups -OCH3 is 1. The summed E-state index contributed by atoms with van der Waals surface area (Å²) < 4.78 is 10.5. The van der Waals surface area contributed by atoms with Crippen molar-refractivity contribution in [1.82, 2.24) is 5.32 Å². The summed E-state index contributed by atoms with van der Waals surface area (Å²) in [5.41, 5.74) is 5.81. The maximum atomic E-state index is 11.2. The monoisotopic (exact) mass is 244 g/mol. The Bertz CT molecular complexity index is 216. The fourth-order valence-electron chi connectivity index (χ4n) is 1.95. The predicted octanol–water partition coefficient (Wildman–Crippen LogP) is 0.426. The van der Waals surface area contributed by atoms with Crippen LogP contribution in [0.25, 0.3) is 0 Å². The van der Waals surface area contributed by atoms with E-state index in [2.05, 4.69) is 5.32 Å². The molecule has 0 saturated heterocycles. The molecule has 1 aliphatic rings. The first-order valence-electron chi connectivity index (χ1n) is 6.35. The van der Waals surface area contributed by atoms with Gasteiger partial charge < -0.3 is 20.5 Å². The van der Waals surface area contributed by atoms with Gasteiger partial charge in [0.2, 0.25) is 5.91 Å². The molecule has 1 fully saturated rings. The quantitative estimate of drug-likeness (QED) is 0.637. The molecule has 17 heavy (non-hydrogen) atoms. The van der Waals surface area contributed by atoms with Crippen LogP contribution < -0.4 is 11.1 Å². The molecule has 0 unspecified atom stereocenters. The number of ether oxygens (including phenoxy) is 2. The van der Waals surface area contributed by atoms with Crippen molar-refractivity contribution in [2.75, 3.05) is 26.9 Å². The number of nitrogens with one attached hydrogen (secondary N) is 1. The third-order valence-electron chi connectivity index (χ3n) is 3.03. The average Bonchev–Trinajstić information content (AvgIpc) is 2.34. The van der Waals surface area contributed by atoms with E-state index in [0.717, 1.165) is 25.7 Å². The van der Waals surface area contributed by atoms with Crippen LogP contribution in [0.3, 0.4) is 0 Å². The lowest BCUT2D eigenvalue weighted by Crippen LogP contribution is -2.33. The Hall–Kier alpha value is -0.650. The van der Waals surface area contributed by atoms with Gasteiger partial charge in [0.05, 0.1) is 19.3 Å². The fraction of sp³-hybridized carbons (Fsp3) is 0.917. The van der Waals surface area contributed by atoms with Gasteiger partial charge in [-0.25, -0.2) is 0 Å². The molecule has 0 atom stereocenters. The van der Waals surface area contributed by atoms with Crippen LogP contribution in [0.4, 0.5) is 0 Å². The molecule has 0 heterocycles. The molecule has 0 radical (unpaired) electrons. The molecule has 1 amide bonds. The van der Waals surface area contributed by atoms with Crippen molar-refractivity contribution in [3.63, 3.8) is 0 Å². The number of nitrogens with two attached hydrogens (primary N) is 1. The summed E-state index contributed by atoms with van der Waals surface area (Å²) in [6, 6.07) is 0.351. The van der Waals surface area contributed by atoms with Gasteiger partial charge in [0.1, 0.15) is 0 Å². The molecule has 100 valence electrons. The minimum absolute atomic E-state index is 0.0149. The molecule has 5 heteroatoms. The fourth-order valence-corrected chi connectivity index (χ4v) is 1.95. The van der Waals surface area contributed by atoms with Gasteiger partial charge in [-0.3, -0.25) is 4.79 Å². The third-order valence-corrected chi connectivity index (χ3v) is 3.03. The Morgan fingerprint density at radius 2 is 2.00 bits per heavy atom. The van der Waals surface area contributed by atoms with E-state index in [4.69, 9.17) is 15.2 Å². The standard InChI is InChI=1S/C12H24N2O3/c1-16-8-6-12(15)14-7-9-17-11-4-2-10(13)3-5-11/h10-11H,2-9,13H2,1H3,(H,14,15). The number of hydrogen-bond donors (Lipinski definition) is 2. The highest BCUT2D eigenvalue weighted by molar-refractivity contribution is 5.75. The molecule has 0 spiro atoms. The van der Waals surface area contributed by atoms with Gasteiger partial charge in [0.25, 0.3) is 0 Å². The Morgan fingerprint density at radius 3 is 2.65 bits per heavy atom. The lowest BCUT2D eigenvalue weighted by Gasteiger charge is -2.26. The second-order valence-corrected chi connectivity index (χ2v) is 4.50. The summed E-state index contributed by atoms with van der Waals surface area (Å²) in [6.45, 7) is 1.62. The maximum absolute atomic E-state index is 11.2. The van der Waals surface area contributed by atoms with E-state index in [1.165, 1.54) is 0 Å². The van der Waals surface area contributed by atoms with Crippen LogP contribution in [-0.4, -0.2) is 44.9 Å². The molecule has 0 bridgehead atoms. The Kier molecular flexibility index (Phi) is 7.16. The van der Waals surface area contributed by atoms with Crippen LogP contribution in [0.1, 0.15) is 32.1 Å². The third kappa shape index (κ3) is 6.61. The second-order valence-electron chi connectivity index (χ2n) is 4.50. The summed E-state index contributed by atoms with van der Waals surface area (Å²) in [6.07, 6.45) is 4.91. The summed E-state index contributed by atoms with van der Waals surface area (Å²) in [4.78, 5) is 11.2. The van der Waals surface area contributed by atoms with Crippen molar-refractivity contribution in [2.24, 2.45) is 5.73 Å². The highest BCUT2D eigenvalue weighted by Crippen LogP contribution is 2.19. The zero-order valence-electron chi connectivity index (χ0n) is 10.6. The van der Waals surface area contributed by atoms with Crippen molar-refractivity contribution < 1.29 is 14.3 Å². The molecule has 3 N–H and O–H groups in total. The van der Waals surface area contributed by atoms with E-state index in [1.807, 2.05) is 0 Å². The van der Waals surface area contributed by atoms with Crippen molar-refractivity contribution in [3.8, 4) is 0 Å². The van der Waals surface area contributed by atoms with Gasteiger partial charge >= 0.3 is 0 Å². The molecule has 1 aliphatic carbocycles. The maximum Gasteiger partial charge on any atom is 0.222 e. The highest BCUT2D eigenvalue weighted by Gasteiger charge is 2.18. The van der Waals surface area contributed by atoms with Crippen LogP contribution in [-0.2, 0) is 14.3 Å². The first kappa shape index (κ1) is 14.4. The first-order valence-corrected chi connectivity index (χ1v) is 6.35. The van der Waals surface area contributed by atoms with Gasteiger partial charge in [-0.1, -0.05) is 0 Å². The number of amides is 1. The number of carbonyl (C=O) groups is 1. The summed E-state index contributed by atoms with van der Waals surface area (Å²) in [5, 5.41) is 2.80. The predicted molar refractivity (Wildman–Crippen MR) is 65.7 cm³/mol. The lowest BCUT2D eigenvalue weighted by atomic mass is 9.94. The normalized spacial score (nSPS) is 24.6. The average molecular weight is 244 g/mol. The summed E-state index contributed by atoms with van der Waals surface area (Å²) in [7, 11) is 1.59. The van der Waals surface area contributed by atoms with Gasteiger partial charge in [0.15, 0.2) is 0 Å². The Labute approximate surface area is 103 Å². The molecule has 1 saturated carbocycles. The molecular weight excluding hydrogens is 220 g/mol. The van der Waals surface area contributed by atoms with E-state index in [1.54, 1.807) is 7.11 Å². The van der Waals surface area contributed by atoms with Crippen LogP contribution in [0.15, 0.2) is 0 Å². The van der Waals surface area contributed by atoms with Crippen molar-refractivity contribution >= 4 is 5.91 Å². The van der Waals surface area contributed by atoms with Crippen LogP contribution >= 0.6 is 0 Å². The van der Waals surface area contributed by atoms with Crippen molar-refractivity contribution in [1.29, 1.82) is 0 Å². The second kappa shape index (κ2) is 8.44. The van der Waals surface area contributed by atoms with Crippen molar-refractivity contribution in [3.05, 3.63) is 0 Å². The topological polar surface area (TPSA) is 73.6 Å². The van der Waals surface area contributed by atoms with E-state index >= 15 is 0 Å². The van der Waals surface area contributed by atoms with Crippen LogP contribution in [0.2, 0.25) is 0 Å². The molecule has 0 aromatic heterocycles. The van der Waals surface area contributed by atoms with Crippen LogP contribution in [0.5, 0.6) is 0 Å². The van der Waals surface area contributed by atoms with Crippen molar-refractivity contribution in [2.45, 2.75) is 44.2 Å². The number of hydrogen-bond acceptors (Lipinski definition) is 4. The molecule has 0 aromatic rings. The molecule has 1 rings (SSSR count). The summed E-state index contributed by atoms with van der Waals surface area (Å²) in [5.74, 6) is 0.0149. The molecular formula is C12H24N2O3. The SMILES string of the molecule is COCCC(=O)NCCOC1CCC(N)CC1. The lowest BCUT2D eigenvalue weighted by molar-refractivity contribution is -0.122. The van der Waals surface area contributed by atoms with Crippen LogP contribution in [0, 0.1) is 0 Å². The molecule has 0 aliphatic heterocycles. The zero-order valence-corrected chi connectivity index (χ0v) is 10.6. The van der Waals surface area contributed by atoms with Gasteiger partial charge in [-0.05, 0) is 25.7 Å². The van der Waals surface area contributed by atoms with Gasteiger partial charge in [-0.2, -0.15) is 0 Å². The largest absolute Gasteiger partial charge is 0.384 e. The zero-order chi connectivity index (χ0) is 12.5. The number of carbonyl (C=O) groups excluding carboxylic acids is 1. The smallest absolute Gasteiger partial charge is 0.222 e. The van der Waals surface area contributed by atoms with E-state index < -0.39 is 0 Å². The highest BCUT2D eigenvalue weighted by atomic mass is 16.5. The minimum atomic E-state index is 0.0149. The Balaban J connectivity index is 1.95. The van der Waals surface area contributed by atoms with E-state index in [-0.39, 0.29) is 5.91 Å². The van der Waals surface area contributed by atoms with Gasteiger partial charge in [-0.15, -0.1) is 0 Å². The van der Waals surface area contributed by atoms with E-state index in [0.29, 0.717) is 38.3 Å². The number of rotatable bonds is 7. The van der Waals surface area contributed by atoms with Gasteiger partial charge in [0, 0.05) is 26.1 Å². The Morgan fingerprint density at radius 1 is 1.29 bits per heavy atom. The molecule has 0 aromatic carbocycles. The molecule has 5 nitrogen and oxygen atoms in total. The van der Waals surface area contributed by atoms with E-state index in [9.17, 15) is 4.79 Å². The first-order chi connectivity index (χ1) is 8.22. The summed E-state index contributed by atoms with van der Waals surface area (Å²) >= 11 is 0.